The maximum absolute atomic E-state index is 13.1. The second-order valence-electron chi connectivity index (χ2n) is 4.50. The highest BCUT2D eigenvalue weighted by Gasteiger charge is 2.14. The molecule has 0 aliphatic carbocycles. The molecule has 0 atom stereocenters. The molecule has 0 fully saturated rings. The molecule has 0 aliphatic heterocycles. The third-order valence-electron chi connectivity index (χ3n) is 2.90. The smallest absolute Gasteiger partial charge is 0.341 e. The summed E-state index contributed by atoms with van der Waals surface area (Å²) >= 11 is 0. The fourth-order valence-corrected chi connectivity index (χ4v) is 1.84. The van der Waals surface area contributed by atoms with Crippen LogP contribution in [0, 0.1) is 19.7 Å². The van der Waals surface area contributed by atoms with E-state index in [0.29, 0.717) is 22.6 Å². The van der Waals surface area contributed by atoms with Crippen LogP contribution in [0.2, 0.25) is 0 Å². The minimum atomic E-state index is -0.472. The Morgan fingerprint density at radius 3 is 2.45 bits per heavy atom. The van der Waals surface area contributed by atoms with E-state index >= 15 is 0 Å². The molecular formula is C16H15FO3. The van der Waals surface area contributed by atoms with E-state index in [4.69, 9.17) is 9.47 Å². The maximum atomic E-state index is 13.1. The molecule has 0 radical (unpaired) electrons. The van der Waals surface area contributed by atoms with E-state index in [9.17, 15) is 9.18 Å². The minimum Gasteiger partial charge on any atom is -0.465 e. The number of benzene rings is 2. The van der Waals surface area contributed by atoms with Crippen molar-refractivity contribution in [3.63, 3.8) is 0 Å². The number of carbonyl (C=O) groups excluding carboxylic acids is 1. The predicted octanol–water partition coefficient (Wildman–Crippen LogP) is 4.02. The number of carbonyl (C=O) groups is 1. The van der Waals surface area contributed by atoms with Crippen molar-refractivity contribution in [3.8, 4) is 11.5 Å². The van der Waals surface area contributed by atoms with Gasteiger partial charge in [0.2, 0.25) is 0 Å². The number of hydrogen-bond donors (Lipinski definition) is 0. The average molecular weight is 274 g/mol. The van der Waals surface area contributed by atoms with Crippen molar-refractivity contribution in [2.24, 2.45) is 0 Å². The highest BCUT2D eigenvalue weighted by atomic mass is 19.1. The van der Waals surface area contributed by atoms with Gasteiger partial charge < -0.3 is 9.47 Å². The summed E-state index contributed by atoms with van der Waals surface area (Å²) in [6.07, 6.45) is 0. The summed E-state index contributed by atoms with van der Waals surface area (Å²) in [6.45, 7) is 3.64. The van der Waals surface area contributed by atoms with E-state index in [1.165, 1.54) is 25.3 Å². The molecule has 104 valence electrons. The molecule has 4 heteroatoms. The molecule has 0 saturated carbocycles. The summed E-state index contributed by atoms with van der Waals surface area (Å²) in [4.78, 5) is 11.7. The average Bonchev–Trinajstić information content (AvgIpc) is 2.41. The molecule has 0 aliphatic rings. The Morgan fingerprint density at radius 2 is 1.80 bits per heavy atom. The number of ether oxygens (including phenoxy) is 2. The van der Waals surface area contributed by atoms with Crippen LogP contribution in [0.4, 0.5) is 4.39 Å². The molecule has 2 rings (SSSR count). The van der Waals surface area contributed by atoms with Crippen LogP contribution in [0.1, 0.15) is 21.5 Å². The molecule has 0 bridgehead atoms. The van der Waals surface area contributed by atoms with E-state index < -0.39 is 5.97 Å². The first-order valence-electron chi connectivity index (χ1n) is 6.14. The van der Waals surface area contributed by atoms with Crippen LogP contribution >= 0.6 is 0 Å². The zero-order valence-corrected chi connectivity index (χ0v) is 11.6. The van der Waals surface area contributed by atoms with E-state index in [-0.39, 0.29) is 5.82 Å². The summed E-state index contributed by atoms with van der Waals surface area (Å²) in [6, 6.07) is 9.42. The molecule has 0 amide bonds. The van der Waals surface area contributed by atoms with Crippen molar-refractivity contribution >= 4 is 5.97 Å². The number of rotatable bonds is 3. The molecule has 2 aromatic carbocycles. The van der Waals surface area contributed by atoms with Crippen LogP contribution in [0.5, 0.6) is 11.5 Å². The summed E-state index contributed by atoms with van der Waals surface area (Å²) in [5, 5.41) is 0. The van der Waals surface area contributed by atoms with Gasteiger partial charge in [-0.05, 0) is 55.3 Å². The Labute approximate surface area is 117 Å². The molecule has 3 nitrogen and oxygen atoms in total. The van der Waals surface area contributed by atoms with Crippen molar-refractivity contribution in [2.45, 2.75) is 13.8 Å². The lowest BCUT2D eigenvalue weighted by Crippen LogP contribution is -2.04. The van der Waals surface area contributed by atoms with Gasteiger partial charge >= 0.3 is 5.97 Å². The van der Waals surface area contributed by atoms with E-state index in [0.717, 1.165) is 5.56 Å². The van der Waals surface area contributed by atoms with E-state index in [1.807, 2.05) is 6.92 Å². The summed E-state index contributed by atoms with van der Waals surface area (Å²) in [5.41, 5.74) is 1.94. The Bertz CT molecular complexity index is 650. The topological polar surface area (TPSA) is 35.5 Å². The normalized spacial score (nSPS) is 10.2. The molecule has 20 heavy (non-hydrogen) atoms. The molecule has 0 heterocycles. The quantitative estimate of drug-likeness (QED) is 0.793. The molecule has 0 spiro atoms. The number of esters is 1. The third kappa shape index (κ3) is 2.96. The highest BCUT2D eigenvalue weighted by Crippen LogP contribution is 2.29. The molecule has 0 N–H and O–H groups in total. The van der Waals surface area contributed by atoms with Crippen molar-refractivity contribution < 1.29 is 18.7 Å². The van der Waals surface area contributed by atoms with Gasteiger partial charge in [0.25, 0.3) is 0 Å². The van der Waals surface area contributed by atoms with Gasteiger partial charge in [0.05, 0.1) is 7.11 Å². The molecule has 2 aromatic rings. The number of halogens is 1. The van der Waals surface area contributed by atoms with Crippen LogP contribution in [-0.4, -0.2) is 13.1 Å². The summed E-state index contributed by atoms with van der Waals surface area (Å²) in [5.74, 6) is 0.0979. The fourth-order valence-electron chi connectivity index (χ4n) is 1.84. The Balaban J connectivity index is 2.41. The van der Waals surface area contributed by atoms with Gasteiger partial charge in [0.15, 0.2) is 0 Å². The monoisotopic (exact) mass is 274 g/mol. The van der Waals surface area contributed by atoms with Crippen molar-refractivity contribution in [1.82, 2.24) is 0 Å². The van der Waals surface area contributed by atoms with E-state index in [2.05, 4.69) is 0 Å². The molecule has 0 saturated heterocycles. The first kappa shape index (κ1) is 14.1. The zero-order valence-electron chi connectivity index (χ0n) is 11.6. The van der Waals surface area contributed by atoms with Gasteiger partial charge in [-0.25, -0.2) is 9.18 Å². The maximum Gasteiger partial charge on any atom is 0.341 e. The number of aryl methyl sites for hydroxylation is 2. The van der Waals surface area contributed by atoms with Crippen LogP contribution in [0.3, 0.4) is 0 Å². The Morgan fingerprint density at radius 1 is 1.05 bits per heavy atom. The van der Waals surface area contributed by atoms with Gasteiger partial charge in [-0.2, -0.15) is 0 Å². The largest absolute Gasteiger partial charge is 0.465 e. The Hall–Kier alpha value is -2.36. The number of hydrogen-bond acceptors (Lipinski definition) is 3. The van der Waals surface area contributed by atoms with Gasteiger partial charge in [0, 0.05) is 0 Å². The lowest BCUT2D eigenvalue weighted by molar-refractivity contribution is 0.0598. The van der Waals surface area contributed by atoms with Crippen LogP contribution in [0.25, 0.3) is 0 Å². The van der Waals surface area contributed by atoms with Crippen molar-refractivity contribution in [3.05, 3.63) is 58.9 Å². The van der Waals surface area contributed by atoms with Crippen LogP contribution in [0.15, 0.2) is 36.4 Å². The predicted molar refractivity (Wildman–Crippen MR) is 73.7 cm³/mol. The van der Waals surface area contributed by atoms with Crippen LogP contribution < -0.4 is 4.74 Å². The SMILES string of the molecule is COC(=O)c1ccc(C)cc1Oc1ccc(F)cc1C. The van der Waals surface area contributed by atoms with E-state index in [1.54, 1.807) is 25.1 Å². The van der Waals surface area contributed by atoms with Crippen molar-refractivity contribution in [1.29, 1.82) is 0 Å². The fraction of sp³-hybridized carbons (Fsp3) is 0.188. The van der Waals surface area contributed by atoms with Gasteiger partial charge in [0.1, 0.15) is 22.9 Å². The lowest BCUT2D eigenvalue weighted by Gasteiger charge is -2.12. The second kappa shape index (κ2) is 5.74. The van der Waals surface area contributed by atoms with Crippen LogP contribution in [-0.2, 0) is 4.74 Å². The van der Waals surface area contributed by atoms with Gasteiger partial charge in [-0.1, -0.05) is 6.07 Å². The molecular weight excluding hydrogens is 259 g/mol. The third-order valence-corrected chi connectivity index (χ3v) is 2.90. The van der Waals surface area contributed by atoms with Gasteiger partial charge in [-0.3, -0.25) is 0 Å². The minimum absolute atomic E-state index is 0.327. The molecule has 0 unspecified atom stereocenters. The first-order valence-corrected chi connectivity index (χ1v) is 6.14. The first-order chi connectivity index (χ1) is 9.51. The van der Waals surface area contributed by atoms with Crippen molar-refractivity contribution in [2.75, 3.05) is 7.11 Å². The molecule has 0 aromatic heterocycles. The Kier molecular flexibility index (Phi) is 4.03. The number of methoxy groups -OCH3 is 1. The van der Waals surface area contributed by atoms with Gasteiger partial charge in [-0.15, -0.1) is 0 Å². The second-order valence-corrected chi connectivity index (χ2v) is 4.50. The highest BCUT2D eigenvalue weighted by molar-refractivity contribution is 5.92. The zero-order chi connectivity index (χ0) is 14.7. The summed E-state index contributed by atoms with van der Waals surface area (Å²) < 4.78 is 23.5. The lowest BCUT2D eigenvalue weighted by atomic mass is 10.1. The summed E-state index contributed by atoms with van der Waals surface area (Å²) in [7, 11) is 1.31. The standard InChI is InChI=1S/C16H15FO3/c1-10-4-6-13(16(18)19-3)15(8-10)20-14-7-5-12(17)9-11(14)2/h4-9H,1-3H3.